The summed E-state index contributed by atoms with van der Waals surface area (Å²) in [6.45, 7) is 2.89. The average molecular weight is 430 g/mol. The lowest BCUT2D eigenvalue weighted by Crippen LogP contribution is -2.53. The molecule has 166 valence electrons. The number of nitrogens with zero attached hydrogens (tertiary/aromatic N) is 4. The third-order valence-corrected chi connectivity index (χ3v) is 6.47. The summed E-state index contributed by atoms with van der Waals surface area (Å²) in [5, 5.41) is 0. The van der Waals surface area contributed by atoms with Crippen molar-refractivity contribution in [1.29, 1.82) is 0 Å². The van der Waals surface area contributed by atoms with E-state index in [2.05, 4.69) is 14.9 Å². The molecule has 31 heavy (non-hydrogen) atoms. The molecule has 0 bridgehead atoms. The van der Waals surface area contributed by atoms with E-state index in [1.165, 1.54) is 12.3 Å². The summed E-state index contributed by atoms with van der Waals surface area (Å²) in [4.78, 5) is 24.9. The fourth-order valence-electron chi connectivity index (χ4n) is 4.58. The standard InChI is InChI=1S/C23H29F2N5O/c24-19-1-2-20(28-15-19)13-17-4-9-30(10-5-17)22(31)23(25)6-11-29(12-7-23)16-18-3-8-27-21(26)14-18/h1-3,8,14-15,17H,4-7,9-13,16H2,(H2,26,27). The van der Waals surface area contributed by atoms with Gasteiger partial charge in [0, 0.05) is 57.5 Å². The minimum atomic E-state index is -1.78. The molecule has 2 aliphatic heterocycles. The van der Waals surface area contributed by atoms with Gasteiger partial charge < -0.3 is 10.6 Å². The first-order valence-corrected chi connectivity index (χ1v) is 10.9. The van der Waals surface area contributed by atoms with Gasteiger partial charge in [0.05, 0.1) is 6.20 Å². The molecule has 0 spiro atoms. The molecule has 0 radical (unpaired) electrons. The number of nitrogen functional groups attached to an aromatic ring is 1. The summed E-state index contributed by atoms with van der Waals surface area (Å²) in [6.07, 6.45) is 5.73. The second-order valence-corrected chi connectivity index (χ2v) is 8.74. The fourth-order valence-corrected chi connectivity index (χ4v) is 4.58. The minimum absolute atomic E-state index is 0.214. The van der Waals surface area contributed by atoms with Gasteiger partial charge in [-0.1, -0.05) is 0 Å². The number of nitrogens with two attached hydrogens (primary N) is 1. The van der Waals surface area contributed by atoms with Crippen LogP contribution in [0.2, 0.25) is 0 Å². The number of alkyl halides is 1. The Morgan fingerprint density at radius 2 is 1.87 bits per heavy atom. The van der Waals surface area contributed by atoms with E-state index in [0.717, 1.165) is 30.5 Å². The van der Waals surface area contributed by atoms with E-state index in [-0.39, 0.29) is 24.6 Å². The van der Waals surface area contributed by atoms with E-state index in [1.54, 1.807) is 17.2 Å². The van der Waals surface area contributed by atoms with E-state index in [4.69, 9.17) is 5.73 Å². The fraction of sp³-hybridized carbons (Fsp3) is 0.522. The van der Waals surface area contributed by atoms with Crippen LogP contribution in [-0.4, -0.2) is 57.5 Å². The van der Waals surface area contributed by atoms with Crippen molar-refractivity contribution >= 4 is 11.7 Å². The summed E-state index contributed by atoms with van der Waals surface area (Å²) in [5.41, 5.74) is 5.85. The van der Waals surface area contributed by atoms with Crippen LogP contribution in [0.1, 0.15) is 36.9 Å². The predicted octanol–water partition coefficient (Wildman–Crippen LogP) is 2.98. The number of pyridine rings is 2. The van der Waals surface area contributed by atoms with E-state index in [0.29, 0.717) is 44.5 Å². The Balaban J connectivity index is 1.25. The third kappa shape index (κ3) is 5.36. The van der Waals surface area contributed by atoms with Crippen molar-refractivity contribution in [2.24, 2.45) is 5.92 Å². The van der Waals surface area contributed by atoms with E-state index < -0.39 is 5.67 Å². The Bertz CT molecular complexity index is 891. The maximum absolute atomic E-state index is 15.5. The van der Waals surface area contributed by atoms with Crippen LogP contribution in [0.15, 0.2) is 36.7 Å². The zero-order valence-corrected chi connectivity index (χ0v) is 17.6. The number of anilines is 1. The number of carbonyl (C=O) groups excluding carboxylic acids is 1. The number of hydrogen-bond acceptors (Lipinski definition) is 5. The van der Waals surface area contributed by atoms with Gasteiger partial charge >= 0.3 is 0 Å². The quantitative estimate of drug-likeness (QED) is 0.791. The third-order valence-electron chi connectivity index (χ3n) is 6.47. The number of piperidine rings is 2. The lowest BCUT2D eigenvalue weighted by molar-refractivity contribution is -0.149. The minimum Gasteiger partial charge on any atom is -0.384 e. The van der Waals surface area contributed by atoms with Gasteiger partial charge in [-0.15, -0.1) is 0 Å². The molecule has 4 heterocycles. The molecule has 0 atom stereocenters. The maximum Gasteiger partial charge on any atom is 0.260 e. The highest BCUT2D eigenvalue weighted by molar-refractivity contribution is 5.85. The monoisotopic (exact) mass is 429 g/mol. The molecular formula is C23H29F2N5O. The lowest BCUT2D eigenvalue weighted by Gasteiger charge is -2.40. The maximum atomic E-state index is 15.5. The number of carbonyl (C=O) groups is 1. The zero-order chi connectivity index (χ0) is 21.8. The van der Waals surface area contributed by atoms with Crippen LogP contribution in [0.5, 0.6) is 0 Å². The average Bonchev–Trinajstić information content (AvgIpc) is 2.77. The Morgan fingerprint density at radius 3 is 2.52 bits per heavy atom. The van der Waals surface area contributed by atoms with Gasteiger partial charge in [0.15, 0.2) is 5.67 Å². The van der Waals surface area contributed by atoms with Crippen LogP contribution in [0.3, 0.4) is 0 Å². The summed E-state index contributed by atoms with van der Waals surface area (Å²) in [5.74, 6) is 0.155. The van der Waals surface area contributed by atoms with Crippen LogP contribution in [0.4, 0.5) is 14.6 Å². The predicted molar refractivity (Wildman–Crippen MR) is 114 cm³/mol. The van der Waals surface area contributed by atoms with Gasteiger partial charge in [-0.25, -0.2) is 13.8 Å². The first kappa shape index (κ1) is 21.6. The van der Waals surface area contributed by atoms with Crippen LogP contribution in [-0.2, 0) is 17.8 Å². The highest BCUT2D eigenvalue weighted by Gasteiger charge is 2.44. The molecule has 2 aliphatic rings. The zero-order valence-electron chi connectivity index (χ0n) is 17.6. The second-order valence-electron chi connectivity index (χ2n) is 8.74. The van der Waals surface area contributed by atoms with E-state index in [1.807, 2.05) is 12.1 Å². The first-order chi connectivity index (χ1) is 14.9. The van der Waals surface area contributed by atoms with Gasteiger partial charge in [0.25, 0.3) is 5.91 Å². The lowest BCUT2D eigenvalue weighted by atomic mass is 9.88. The van der Waals surface area contributed by atoms with Crippen molar-refractivity contribution < 1.29 is 13.6 Å². The molecular weight excluding hydrogens is 400 g/mol. The Labute approximate surface area is 181 Å². The molecule has 0 saturated carbocycles. The topological polar surface area (TPSA) is 75.3 Å². The number of likely N-dealkylation sites (tertiary alicyclic amines) is 2. The van der Waals surface area contributed by atoms with Crippen LogP contribution >= 0.6 is 0 Å². The van der Waals surface area contributed by atoms with Crippen molar-refractivity contribution in [2.45, 2.75) is 44.3 Å². The molecule has 1 amide bonds. The highest BCUT2D eigenvalue weighted by Crippen LogP contribution is 2.32. The van der Waals surface area contributed by atoms with Crippen molar-refractivity contribution in [2.75, 3.05) is 31.9 Å². The molecule has 2 aromatic rings. The van der Waals surface area contributed by atoms with Crippen LogP contribution < -0.4 is 5.73 Å². The Morgan fingerprint density at radius 1 is 1.13 bits per heavy atom. The number of amides is 1. The number of rotatable bonds is 5. The molecule has 2 saturated heterocycles. The molecule has 0 aromatic carbocycles. The molecule has 8 heteroatoms. The van der Waals surface area contributed by atoms with Crippen LogP contribution in [0.25, 0.3) is 0 Å². The molecule has 6 nitrogen and oxygen atoms in total. The molecule has 0 unspecified atom stereocenters. The molecule has 2 N–H and O–H groups in total. The van der Waals surface area contributed by atoms with Gasteiger partial charge in [-0.2, -0.15) is 0 Å². The largest absolute Gasteiger partial charge is 0.384 e. The van der Waals surface area contributed by atoms with Gasteiger partial charge in [-0.05, 0) is 55.0 Å². The second kappa shape index (κ2) is 9.26. The highest BCUT2D eigenvalue weighted by atomic mass is 19.1. The summed E-state index contributed by atoms with van der Waals surface area (Å²) < 4.78 is 28.5. The summed E-state index contributed by atoms with van der Waals surface area (Å²) >= 11 is 0. The van der Waals surface area contributed by atoms with Crippen molar-refractivity contribution in [3.63, 3.8) is 0 Å². The molecule has 2 aromatic heterocycles. The van der Waals surface area contributed by atoms with Crippen molar-refractivity contribution in [3.8, 4) is 0 Å². The normalized spacial score (nSPS) is 20.0. The van der Waals surface area contributed by atoms with Crippen molar-refractivity contribution in [3.05, 3.63) is 53.7 Å². The smallest absolute Gasteiger partial charge is 0.260 e. The van der Waals surface area contributed by atoms with Gasteiger partial charge in [0.2, 0.25) is 0 Å². The molecule has 4 rings (SSSR count). The Hall–Kier alpha value is -2.61. The first-order valence-electron chi connectivity index (χ1n) is 10.9. The van der Waals surface area contributed by atoms with Gasteiger partial charge in [0.1, 0.15) is 11.6 Å². The summed E-state index contributed by atoms with van der Waals surface area (Å²) in [7, 11) is 0. The number of hydrogen-bond donors (Lipinski definition) is 1. The molecule has 2 fully saturated rings. The number of halogens is 2. The molecule has 0 aliphatic carbocycles. The van der Waals surface area contributed by atoms with Crippen LogP contribution in [0, 0.1) is 11.7 Å². The van der Waals surface area contributed by atoms with Crippen molar-refractivity contribution in [1.82, 2.24) is 19.8 Å². The Kier molecular flexibility index (Phi) is 6.46. The number of aromatic nitrogens is 2. The SMILES string of the molecule is Nc1cc(CN2CCC(F)(C(=O)N3CCC(Cc4ccc(F)cn4)CC3)CC2)ccn1. The summed E-state index contributed by atoms with van der Waals surface area (Å²) in [6, 6.07) is 6.86. The van der Waals surface area contributed by atoms with E-state index in [9.17, 15) is 9.18 Å². The van der Waals surface area contributed by atoms with E-state index >= 15 is 4.39 Å². The van der Waals surface area contributed by atoms with Gasteiger partial charge in [-0.3, -0.25) is 14.7 Å².